The molecule has 2 aromatic rings. The van der Waals surface area contributed by atoms with Gasteiger partial charge in [0.05, 0.1) is 6.61 Å². The minimum atomic E-state index is 0.380. The van der Waals surface area contributed by atoms with E-state index in [9.17, 15) is 0 Å². The Morgan fingerprint density at radius 2 is 1.94 bits per heavy atom. The molecule has 0 unspecified atom stereocenters. The Balaban J connectivity index is 1.93. The van der Waals surface area contributed by atoms with Crippen molar-refractivity contribution >= 4 is 0 Å². The van der Waals surface area contributed by atoms with Gasteiger partial charge in [-0.1, -0.05) is 30.3 Å². The van der Waals surface area contributed by atoms with E-state index >= 15 is 0 Å². The molecule has 0 aliphatic rings. The molecule has 0 fully saturated rings. The van der Waals surface area contributed by atoms with Crippen LogP contribution in [0.2, 0.25) is 0 Å². The summed E-state index contributed by atoms with van der Waals surface area (Å²) in [5.41, 5.74) is 1.59. The van der Waals surface area contributed by atoms with Crippen molar-refractivity contribution in [2.75, 3.05) is 12.4 Å². The second kappa shape index (κ2) is 5.72. The second-order valence-corrected chi connectivity index (χ2v) is 3.69. The molecular formula is C12H15N5O. The Hall–Kier alpha value is -2.50. The maximum absolute atomic E-state index is 5.57. The highest BCUT2D eigenvalue weighted by Gasteiger charge is 1.98. The number of nitrogens with two attached hydrogens (primary N) is 2. The van der Waals surface area contributed by atoms with E-state index in [0.717, 1.165) is 11.2 Å². The van der Waals surface area contributed by atoms with Crippen LogP contribution in [0.1, 0.15) is 5.56 Å². The number of benzene rings is 1. The highest BCUT2D eigenvalue weighted by atomic mass is 16.5. The molecule has 0 aliphatic heterocycles. The molecule has 6 heteroatoms. The average molecular weight is 245 g/mol. The van der Waals surface area contributed by atoms with Crippen LogP contribution in [0.4, 0.5) is 0 Å². The highest BCUT2D eigenvalue weighted by Crippen LogP contribution is 2.03. The SMILES string of the molecule is N/N=c1/ccc(OCCc2ccccc2)nn1N. The van der Waals surface area contributed by atoms with Crippen LogP contribution >= 0.6 is 0 Å². The molecule has 0 atom stereocenters. The molecule has 94 valence electrons. The van der Waals surface area contributed by atoms with Crippen molar-refractivity contribution < 1.29 is 4.74 Å². The number of nitrogens with zero attached hydrogens (tertiary/aromatic N) is 3. The third kappa shape index (κ3) is 3.00. The summed E-state index contributed by atoms with van der Waals surface area (Å²) in [4.78, 5) is 1.08. The Labute approximate surface area is 104 Å². The lowest BCUT2D eigenvalue weighted by atomic mass is 10.2. The van der Waals surface area contributed by atoms with Gasteiger partial charge in [-0.3, -0.25) is 0 Å². The zero-order valence-corrected chi connectivity index (χ0v) is 9.86. The number of ether oxygens (including phenoxy) is 1. The summed E-state index contributed by atoms with van der Waals surface area (Å²) in [6, 6.07) is 13.4. The third-order valence-corrected chi connectivity index (χ3v) is 2.43. The molecule has 0 radical (unpaired) electrons. The Morgan fingerprint density at radius 3 is 2.61 bits per heavy atom. The molecule has 6 nitrogen and oxygen atoms in total. The van der Waals surface area contributed by atoms with Crippen molar-refractivity contribution in [3.8, 4) is 5.88 Å². The summed E-state index contributed by atoms with van der Waals surface area (Å²) in [6.07, 6.45) is 0.816. The summed E-state index contributed by atoms with van der Waals surface area (Å²) in [5, 5.41) is 7.43. The zero-order chi connectivity index (χ0) is 12.8. The normalized spacial score (nSPS) is 11.4. The van der Waals surface area contributed by atoms with Gasteiger partial charge in [-0.05, 0) is 11.6 Å². The minimum Gasteiger partial charge on any atom is -0.476 e. The van der Waals surface area contributed by atoms with E-state index in [2.05, 4.69) is 22.3 Å². The van der Waals surface area contributed by atoms with Gasteiger partial charge >= 0.3 is 0 Å². The molecule has 1 aromatic heterocycles. The van der Waals surface area contributed by atoms with Crippen LogP contribution in [0.5, 0.6) is 5.88 Å². The number of nitrogen functional groups attached to an aromatic ring is 1. The average Bonchev–Trinajstić information content (AvgIpc) is 2.40. The monoisotopic (exact) mass is 245 g/mol. The molecular weight excluding hydrogens is 230 g/mol. The molecule has 1 aromatic carbocycles. The largest absolute Gasteiger partial charge is 0.476 e. The van der Waals surface area contributed by atoms with Gasteiger partial charge in [0.15, 0.2) is 5.49 Å². The molecule has 0 spiro atoms. The second-order valence-electron chi connectivity index (χ2n) is 3.69. The van der Waals surface area contributed by atoms with E-state index in [1.807, 2.05) is 18.2 Å². The first-order valence-electron chi connectivity index (χ1n) is 5.55. The fourth-order valence-corrected chi connectivity index (χ4v) is 1.51. The van der Waals surface area contributed by atoms with Crippen LogP contribution in [0.25, 0.3) is 0 Å². The van der Waals surface area contributed by atoms with Gasteiger partial charge in [-0.25, -0.2) is 0 Å². The van der Waals surface area contributed by atoms with Crippen molar-refractivity contribution in [3.63, 3.8) is 0 Å². The van der Waals surface area contributed by atoms with Gasteiger partial charge in [0.1, 0.15) is 0 Å². The first-order chi connectivity index (χ1) is 8.79. The van der Waals surface area contributed by atoms with Crippen LogP contribution in [0.3, 0.4) is 0 Å². The lowest BCUT2D eigenvalue weighted by Gasteiger charge is -2.06. The molecule has 0 saturated heterocycles. The number of hydrogen-bond donors (Lipinski definition) is 2. The number of hydrogen-bond acceptors (Lipinski definition) is 5. The van der Waals surface area contributed by atoms with Gasteiger partial charge in [0.25, 0.3) is 0 Å². The smallest absolute Gasteiger partial charge is 0.233 e. The van der Waals surface area contributed by atoms with E-state index in [1.165, 1.54) is 5.56 Å². The van der Waals surface area contributed by atoms with Gasteiger partial charge in [0, 0.05) is 12.5 Å². The molecule has 4 N–H and O–H groups in total. The quantitative estimate of drug-likeness (QED) is 0.585. The molecule has 18 heavy (non-hydrogen) atoms. The summed E-state index contributed by atoms with van der Waals surface area (Å²) >= 11 is 0. The summed E-state index contributed by atoms with van der Waals surface area (Å²) < 4.78 is 5.50. The van der Waals surface area contributed by atoms with Crippen LogP contribution in [-0.2, 0) is 6.42 Å². The van der Waals surface area contributed by atoms with E-state index in [0.29, 0.717) is 18.0 Å². The molecule has 0 saturated carbocycles. The minimum absolute atomic E-state index is 0.380. The van der Waals surface area contributed by atoms with Crippen LogP contribution in [0.15, 0.2) is 47.6 Å². The Kier molecular flexibility index (Phi) is 3.80. The third-order valence-electron chi connectivity index (χ3n) is 2.43. The fraction of sp³-hybridized carbons (Fsp3) is 0.167. The Bertz CT molecular complexity index is 564. The predicted molar refractivity (Wildman–Crippen MR) is 67.8 cm³/mol. The predicted octanol–water partition coefficient (Wildman–Crippen LogP) is -0.00720. The van der Waals surface area contributed by atoms with Crippen LogP contribution in [0, 0.1) is 0 Å². The van der Waals surface area contributed by atoms with Crippen molar-refractivity contribution in [2.45, 2.75) is 6.42 Å². The maximum atomic E-state index is 5.57. The molecule has 0 amide bonds. The summed E-state index contributed by atoms with van der Waals surface area (Å²) in [7, 11) is 0. The molecule has 0 bridgehead atoms. The standard InChI is InChI=1S/C12H15N5O/c13-15-11-6-7-12(16-17(11)14)18-9-8-10-4-2-1-3-5-10/h1-7H,8-9,13-14H2/b15-11-. The van der Waals surface area contributed by atoms with Crippen molar-refractivity contribution in [2.24, 2.45) is 10.9 Å². The van der Waals surface area contributed by atoms with Gasteiger partial charge < -0.3 is 16.4 Å². The lowest BCUT2D eigenvalue weighted by Crippen LogP contribution is -2.31. The first kappa shape index (κ1) is 12.0. The van der Waals surface area contributed by atoms with Crippen LogP contribution < -0.4 is 21.9 Å². The van der Waals surface area contributed by atoms with Crippen molar-refractivity contribution in [1.82, 2.24) is 9.89 Å². The summed E-state index contributed by atoms with van der Waals surface area (Å²) in [6.45, 7) is 0.538. The van der Waals surface area contributed by atoms with Crippen molar-refractivity contribution in [3.05, 3.63) is 53.5 Å². The molecule has 1 heterocycles. The topological polar surface area (TPSA) is 91.5 Å². The zero-order valence-electron chi connectivity index (χ0n) is 9.86. The lowest BCUT2D eigenvalue weighted by molar-refractivity contribution is 0.301. The molecule has 2 rings (SSSR count). The molecule has 0 aliphatic carbocycles. The van der Waals surface area contributed by atoms with Crippen molar-refractivity contribution in [1.29, 1.82) is 0 Å². The van der Waals surface area contributed by atoms with Gasteiger partial charge in [-0.15, -0.1) is 5.10 Å². The van der Waals surface area contributed by atoms with Gasteiger partial charge in [0.2, 0.25) is 5.88 Å². The van der Waals surface area contributed by atoms with E-state index < -0.39 is 0 Å². The van der Waals surface area contributed by atoms with E-state index in [1.54, 1.807) is 12.1 Å². The maximum Gasteiger partial charge on any atom is 0.233 e. The van der Waals surface area contributed by atoms with Gasteiger partial charge in [-0.2, -0.15) is 9.89 Å². The Morgan fingerprint density at radius 1 is 1.17 bits per heavy atom. The summed E-state index contributed by atoms with van der Waals surface area (Å²) in [5.74, 6) is 11.1. The fourth-order valence-electron chi connectivity index (χ4n) is 1.51. The number of rotatable bonds is 4. The van der Waals surface area contributed by atoms with E-state index in [-0.39, 0.29) is 0 Å². The highest BCUT2D eigenvalue weighted by molar-refractivity contribution is 5.15. The first-order valence-corrected chi connectivity index (χ1v) is 5.55. The van der Waals surface area contributed by atoms with Crippen LogP contribution in [-0.4, -0.2) is 16.5 Å². The van der Waals surface area contributed by atoms with E-state index in [4.69, 9.17) is 16.4 Å². The number of aromatic nitrogens is 2.